The maximum Gasteiger partial charge on any atom is 0.328 e. The molecule has 1 unspecified atom stereocenters. The molecule has 0 aliphatic rings. The summed E-state index contributed by atoms with van der Waals surface area (Å²) in [6.45, 7) is 3.39. The summed E-state index contributed by atoms with van der Waals surface area (Å²) < 4.78 is 0. The average Bonchev–Trinajstić information content (AvgIpc) is 1.85. The largest absolute Gasteiger partial charge is 0.478 e. The molecule has 0 aromatic heterocycles. The first-order chi connectivity index (χ1) is 4.66. The molecule has 10 heavy (non-hydrogen) atoms. The van der Waals surface area contributed by atoms with E-state index in [-0.39, 0.29) is 0 Å². The second-order valence-electron chi connectivity index (χ2n) is 1.79. The fourth-order valence-electron chi connectivity index (χ4n) is 0.443. The number of carboxylic acids is 1. The Labute approximate surface area is 59.3 Å². The van der Waals surface area contributed by atoms with E-state index in [2.05, 4.69) is 6.58 Å². The molecule has 0 saturated carbocycles. The molecule has 0 spiro atoms. The molecule has 0 radical (unpaired) electrons. The third kappa shape index (κ3) is 5.05. The van der Waals surface area contributed by atoms with Gasteiger partial charge in [0.15, 0.2) is 0 Å². The van der Waals surface area contributed by atoms with Crippen molar-refractivity contribution in [2.75, 3.05) is 0 Å². The molecule has 3 nitrogen and oxygen atoms in total. The third-order valence-electron chi connectivity index (χ3n) is 0.869. The summed E-state index contributed by atoms with van der Waals surface area (Å²) >= 11 is 0. The number of rotatable bonds is 4. The molecule has 0 bridgehead atoms. The lowest BCUT2D eigenvalue weighted by Crippen LogP contribution is -2.00. The molecule has 0 rings (SSSR count). The van der Waals surface area contributed by atoms with Crippen molar-refractivity contribution in [3.8, 4) is 0 Å². The lowest BCUT2D eigenvalue weighted by molar-refractivity contribution is -0.131. The second kappa shape index (κ2) is 4.76. The molecule has 2 N–H and O–H groups in total. The molecular weight excluding hydrogens is 132 g/mol. The first-order valence-corrected chi connectivity index (χ1v) is 2.87. The van der Waals surface area contributed by atoms with Crippen molar-refractivity contribution < 1.29 is 15.0 Å². The number of aliphatic hydroxyl groups excluding tert-OH is 1. The third-order valence-corrected chi connectivity index (χ3v) is 0.869. The molecule has 0 fully saturated rings. The predicted molar refractivity (Wildman–Crippen MR) is 37.6 cm³/mol. The van der Waals surface area contributed by atoms with Crippen molar-refractivity contribution >= 4 is 5.97 Å². The van der Waals surface area contributed by atoms with E-state index in [9.17, 15) is 4.79 Å². The first-order valence-electron chi connectivity index (χ1n) is 2.87. The summed E-state index contributed by atoms with van der Waals surface area (Å²) in [5.74, 6) is -1.05. The van der Waals surface area contributed by atoms with Gasteiger partial charge in [0.2, 0.25) is 0 Å². The minimum atomic E-state index is -1.05. The SMILES string of the molecule is C=CCC(O)/C=C/C(=O)O. The van der Waals surface area contributed by atoms with Crippen LogP contribution in [-0.2, 0) is 4.79 Å². The average molecular weight is 142 g/mol. The van der Waals surface area contributed by atoms with Crippen molar-refractivity contribution in [2.45, 2.75) is 12.5 Å². The van der Waals surface area contributed by atoms with Gasteiger partial charge in [-0.1, -0.05) is 6.08 Å². The van der Waals surface area contributed by atoms with Crippen LogP contribution in [0, 0.1) is 0 Å². The van der Waals surface area contributed by atoms with Crippen LogP contribution >= 0.6 is 0 Å². The van der Waals surface area contributed by atoms with Crippen molar-refractivity contribution in [3.63, 3.8) is 0 Å². The molecule has 1 atom stereocenters. The van der Waals surface area contributed by atoms with Gasteiger partial charge < -0.3 is 10.2 Å². The number of hydrogen-bond donors (Lipinski definition) is 2. The highest BCUT2D eigenvalue weighted by Gasteiger charge is 1.94. The molecule has 0 aliphatic heterocycles. The van der Waals surface area contributed by atoms with Gasteiger partial charge in [-0.3, -0.25) is 0 Å². The summed E-state index contributed by atoms with van der Waals surface area (Å²) in [6, 6.07) is 0. The molecule has 0 heterocycles. The van der Waals surface area contributed by atoms with E-state index < -0.39 is 12.1 Å². The standard InChI is InChI=1S/C7H10O3/c1-2-3-6(8)4-5-7(9)10/h2,4-6,8H,1,3H2,(H,9,10)/b5-4+. The van der Waals surface area contributed by atoms with E-state index >= 15 is 0 Å². The molecule has 3 heteroatoms. The van der Waals surface area contributed by atoms with Crippen LogP contribution in [0.2, 0.25) is 0 Å². The summed E-state index contributed by atoms with van der Waals surface area (Å²) in [4.78, 5) is 9.88. The van der Waals surface area contributed by atoms with Crippen molar-refractivity contribution in [2.24, 2.45) is 0 Å². The van der Waals surface area contributed by atoms with Crippen LogP contribution in [0.15, 0.2) is 24.8 Å². The smallest absolute Gasteiger partial charge is 0.328 e. The van der Waals surface area contributed by atoms with Crippen molar-refractivity contribution in [1.82, 2.24) is 0 Å². The quantitative estimate of drug-likeness (QED) is 0.445. The zero-order chi connectivity index (χ0) is 7.98. The van der Waals surface area contributed by atoms with Crippen LogP contribution in [-0.4, -0.2) is 22.3 Å². The van der Waals surface area contributed by atoms with E-state index in [0.29, 0.717) is 6.42 Å². The Morgan fingerprint density at radius 2 is 2.30 bits per heavy atom. The fraction of sp³-hybridized carbons (Fsp3) is 0.286. The number of carbonyl (C=O) groups is 1. The van der Waals surface area contributed by atoms with Gasteiger partial charge in [0.25, 0.3) is 0 Å². The Morgan fingerprint density at radius 3 is 2.70 bits per heavy atom. The van der Waals surface area contributed by atoms with Crippen LogP contribution in [0.3, 0.4) is 0 Å². The predicted octanol–water partition coefficient (Wildman–Crippen LogP) is 0.564. The van der Waals surface area contributed by atoms with Gasteiger partial charge in [-0.2, -0.15) is 0 Å². The normalized spacial score (nSPS) is 13.3. The fourth-order valence-corrected chi connectivity index (χ4v) is 0.443. The summed E-state index contributed by atoms with van der Waals surface area (Å²) in [7, 11) is 0. The lowest BCUT2D eigenvalue weighted by Gasteiger charge is -1.96. The van der Waals surface area contributed by atoms with Crippen LogP contribution in [0.5, 0.6) is 0 Å². The van der Waals surface area contributed by atoms with Crippen LogP contribution in [0.4, 0.5) is 0 Å². The lowest BCUT2D eigenvalue weighted by atomic mass is 10.2. The molecule has 0 aromatic carbocycles. The minimum absolute atomic E-state index is 0.379. The Morgan fingerprint density at radius 1 is 1.70 bits per heavy atom. The van der Waals surface area contributed by atoms with Gasteiger partial charge in [0.05, 0.1) is 6.10 Å². The second-order valence-corrected chi connectivity index (χ2v) is 1.79. The van der Waals surface area contributed by atoms with Gasteiger partial charge in [-0.25, -0.2) is 4.79 Å². The van der Waals surface area contributed by atoms with Gasteiger partial charge in [-0.05, 0) is 12.5 Å². The van der Waals surface area contributed by atoms with E-state index in [1.807, 2.05) is 0 Å². The monoisotopic (exact) mass is 142 g/mol. The molecule has 0 aliphatic carbocycles. The first kappa shape index (κ1) is 8.91. The molecular formula is C7H10O3. The minimum Gasteiger partial charge on any atom is -0.478 e. The van der Waals surface area contributed by atoms with Crippen LogP contribution < -0.4 is 0 Å². The highest BCUT2D eigenvalue weighted by Crippen LogP contribution is 1.92. The number of carboxylic acid groups (broad SMARTS) is 1. The van der Waals surface area contributed by atoms with Gasteiger partial charge in [-0.15, -0.1) is 6.58 Å². The Kier molecular flexibility index (Phi) is 4.24. The topological polar surface area (TPSA) is 57.5 Å². The summed E-state index contributed by atoms with van der Waals surface area (Å²) in [5.41, 5.74) is 0. The summed E-state index contributed by atoms with van der Waals surface area (Å²) in [6.07, 6.45) is 3.30. The van der Waals surface area contributed by atoms with Gasteiger partial charge >= 0.3 is 5.97 Å². The van der Waals surface area contributed by atoms with Gasteiger partial charge in [0, 0.05) is 6.08 Å². The Hall–Kier alpha value is -1.09. The van der Waals surface area contributed by atoms with E-state index in [4.69, 9.17) is 10.2 Å². The van der Waals surface area contributed by atoms with Crippen molar-refractivity contribution in [3.05, 3.63) is 24.8 Å². The molecule has 56 valence electrons. The van der Waals surface area contributed by atoms with Crippen LogP contribution in [0.25, 0.3) is 0 Å². The summed E-state index contributed by atoms with van der Waals surface area (Å²) in [5, 5.41) is 17.0. The highest BCUT2D eigenvalue weighted by molar-refractivity contribution is 5.79. The zero-order valence-electron chi connectivity index (χ0n) is 5.53. The maximum absolute atomic E-state index is 9.88. The van der Waals surface area contributed by atoms with E-state index in [1.165, 1.54) is 12.2 Å². The Balaban J connectivity index is 3.65. The van der Waals surface area contributed by atoms with Crippen molar-refractivity contribution in [1.29, 1.82) is 0 Å². The van der Waals surface area contributed by atoms with Gasteiger partial charge in [0.1, 0.15) is 0 Å². The van der Waals surface area contributed by atoms with E-state index in [1.54, 1.807) is 0 Å². The van der Waals surface area contributed by atoms with E-state index in [0.717, 1.165) is 6.08 Å². The molecule has 0 saturated heterocycles. The molecule has 0 amide bonds. The number of aliphatic carboxylic acids is 1. The zero-order valence-corrected chi connectivity index (χ0v) is 5.53. The highest BCUT2D eigenvalue weighted by atomic mass is 16.4. The number of hydrogen-bond acceptors (Lipinski definition) is 2. The van der Waals surface area contributed by atoms with Crippen LogP contribution in [0.1, 0.15) is 6.42 Å². The Bertz CT molecular complexity index is 149. The number of aliphatic hydroxyl groups is 1. The maximum atomic E-state index is 9.88. The molecule has 0 aromatic rings.